The van der Waals surface area contributed by atoms with Crippen molar-refractivity contribution < 1.29 is 23.4 Å². The van der Waals surface area contributed by atoms with Crippen LogP contribution in [0.4, 0.5) is 8.78 Å². The van der Waals surface area contributed by atoms with Gasteiger partial charge in [0.25, 0.3) is 12.0 Å². The molecule has 0 spiro atoms. The number of benzene rings is 1. The Morgan fingerprint density at radius 1 is 1.30 bits per heavy atom. The molecule has 0 aliphatic rings. The molecule has 2 rings (SSSR count). The number of ether oxygens (including phenoxy) is 1. The van der Waals surface area contributed by atoms with Crippen molar-refractivity contribution in [2.45, 2.75) is 33.1 Å². The molecule has 1 aromatic heterocycles. The van der Waals surface area contributed by atoms with Crippen LogP contribution in [0.15, 0.2) is 29.2 Å². The van der Waals surface area contributed by atoms with E-state index in [1.807, 2.05) is 0 Å². The zero-order valence-corrected chi connectivity index (χ0v) is 16.0. The average Bonchev–Trinajstić information content (AvgIpc) is 2.54. The van der Waals surface area contributed by atoms with Crippen LogP contribution in [-0.4, -0.2) is 23.2 Å². The van der Waals surface area contributed by atoms with Gasteiger partial charge < -0.3 is 14.8 Å². The van der Waals surface area contributed by atoms with Gasteiger partial charge in [-0.3, -0.25) is 9.59 Å². The topological polar surface area (TPSA) is 79.4 Å². The third-order valence-electron chi connectivity index (χ3n) is 4.24. The SMILES string of the molecule is COc1c[nH]c(=O)c(C(C(=O)O)C(C)(C)C)c1-c1cc(Cl)ccc1C(F)F. The third kappa shape index (κ3) is 4.13. The first kappa shape index (κ1) is 20.9. The number of methoxy groups -OCH3 is 1. The summed E-state index contributed by atoms with van der Waals surface area (Å²) in [6.07, 6.45) is -1.63. The second-order valence-corrected chi connectivity index (χ2v) is 7.58. The first-order valence-corrected chi connectivity index (χ1v) is 8.47. The van der Waals surface area contributed by atoms with E-state index < -0.39 is 29.3 Å². The van der Waals surface area contributed by atoms with E-state index >= 15 is 0 Å². The summed E-state index contributed by atoms with van der Waals surface area (Å²) in [4.78, 5) is 27.1. The highest BCUT2D eigenvalue weighted by atomic mass is 35.5. The molecule has 0 saturated heterocycles. The van der Waals surface area contributed by atoms with Crippen LogP contribution < -0.4 is 10.3 Å². The number of carbonyl (C=O) groups is 1. The van der Waals surface area contributed by atoms with Crippen LogP contribution >= 0.6 is 11.6 Å². The number of nitrogens with one attached hydrogen (secondary N) is 1. The molecular weight excluding hydrogens is 380 g/mol. The molecule has 1 unspecified atom stereocenters. The monoisotopic (exact) mass is 399 g/mol. The molecule has 2 aromatic rings. The highest BCUT2D eigenvalue weighted by molar-refractivity contribution is 6.31. The first-order chi connectivity index (χ1) is 12.5. The lowest BCUT2D eigenvalue weighted by Gasteiger charge is -2.29. The van der Waals surface area contributed by atoms with Gasteiger partial charge in [0.1, 0.15) is 5.75 Å². The predicted molar refractivity (Wildman–Crippen MR) is 98.8 cm³/mol. The second kappa shape index (κ2) is 7.68. The van der Waals surface area contributed by atoms with E-state index in [0.29, 0.717) is 0 Å². The summed E-state index contributed by atoms with van der Waals surface area (Å²) < 4.78 is 32.5. The maximum absolute atomic E-state index is 13.6. The third-order valence-corrected chi connectivity index (χ3v) is 4.47. The van der Waals surface area contributed by atoms with Crippen LogP contribution in [0.1, 0.15) is 44.2 Å². The molecule has 1 heterocycles. The molecule has 1 aromatic carbocycles. The van der Waals surface area contributed by atoms with Gasteiger partial charge in [-0.15, -0.1) is 0 Å². The minimum absolute atomic E-state index is 0.00127. The summed E-state index contributed by atoms with van der Waals surface area (Å²) in [5, 5.41) is 9.96. The Hall–Kier alpha value is -2.41. The van der Waals surface area contributed by atoms with E-state index in [-0.39, 0.29) is 33.0 Å². The summed E-state index contributed by atoms with van der Waals surface area (Å²) in [5.74, 6) is -2.44. The van der Waals surface area contributed by atoms with Gasteiger partial charge in [0.15, 0.2) is 0 Å². The molecule has 146 valence electrons. The Morgan fingerprint density at radius 2 is 1.93 bits per heavy atom. The molecule has 0 amide bonds. The second-order valence-electron chi connectivity index (χ2n) is 7.14. The van der Waals surface area contributed by atoms with Gasteiger partial charge >= 0.3 is 5.97 Å². The van der Waals surface area contributed by atoms with Crippen LogP contribution in [0.5, 0.6) is 5.75 Å². The lowest BCUT2D eigenvalue weighted by Crippen LogP contribution is -2.32. The van der Waals surface area contributed by atoms with Gasteiger partial charge in [0, 0.05) is 27.9 Å². The Labute approximate surface area is 159 Å². The molecule has 0 saturated carbocycles. The largest absolute Gasteiger partial charge is 0.495 e. The number of carboxylic acid groups (broad SMARTS) is 1. The van der Waals surface area contributed by atoms with Gasteiger partial charge in [-0.2, -0.15) is 0 Å². The maximum atomic E-state index is 13.6. The molecule has 1 atom stereocenters. The number of aliphatic carboxylic acids is 1. The van der Waals surface area contributed by atoms with Crippen molar-refractivity contribution in [3.63, 3.8) is 0 Å². The Morgan fingerprint density at radius 3 is 2.41 bits per heavy atom. The summed E-state index contributed by atoms with van der Waals surface area (Å²) in [6, 6.07) is 3.75. The van der Waals surface area contributed by atoms with Crippen molar-refractivity contribution in [2.75, 3.05) is 7.11 Å². The summed E-state index contributed by atoms with van der Waals surface area (Å²) in [6.45, 7) is 4.96. The molecule has 0 fully saturated rings. The van der Waals surface area contributed by atoms with Gasteiger partial charge in [0.2, 0.25) is 0 Å². The van der Waals surface area contributed by atoms with Crippen LogP contribution in [0, 0.1) is 5.41 Å². The molecule has 0 aliphatic carbocycles. The molecular formula is C19H20ClF2NO4. The van der Waals surface area contributed by atoms with Crippen molar-refractivity contribution in [2.24, 2.45) is 5.41 Å². The van der Waals surface area contributed by atoms with E-state index in [9.17, 15) is 23.5 Å². The smallest absolute Gasteiger partial charge is 0.311 e. The first-order valence-electron chi connectivity index (χ1n) is 8.09. The molecule has 0 aliphatic heterocycles. The van der Waals surface area contributed by atoms with E-state index in [0.717, 1.165) is 6.07 Å². The van der Waals surface area contributed by atoms with Crippen LogP contribution in [0.2, 0.25) is 5.02 Å². The zero-order chi connectivity index (χ0) is 20.5. The fourth-order valence-corrected chi connectivity index (χ4v) is 3.28. The predicted octanol–water partition coefficient (Wildman–Crippen LogP) is 4.86. The van der Waals surface area contributed by atoms with Crippen molar-refractivity contribution in [3.8, 4) is 16.9 Å². The van der Waals surface area contributed by atoms with Crippen LogP contribution in [-0.2, 0) is 4.79 Å². The lowest BCUT2D eigenvalue weighted by molar-refractivity contribution is -0.141. The van der Waals surface area contributed by atoms with Gasteiger partial charge in [-0.1, -0.05) is 38.4 Å². The molecule has 0 bridgehead atoms. The number of hydrogen-bond donors (Lipinski definition) is 2. The zero-order valence-electron chi connectivity index (χ0n) is 15.3. The number of rotatable bonds is 5. The number of alkyl halides is 2. The van der Waals surface area contributed by atoms with E-state index in [4.69, 9.17) is 16.3 Å². The fraction of sp³-hybridized carbons (Fsp3) is 0.368. The Balaban J connectivity index is 3.01. The molecule has 0 radical (unpaired) electrons. The Bertz CT molecular complexity index is 919. The summed E-state index contributed by atoms with van der Waals surface area (Å²) in [5.41, 5.74) is -2.12. The number of aromatic nitrogens is 1. The summed E-state index contributed by atoms with van der Waals surface area (Å²) >= 11 is 6.00. The van der Waals surface area contributed by atoms with E-state index in [1.54, 1.807) is 20.8 Å². The van der Waals surface area contributed by atoms with Gasteiger partial charge in [-0.05, 0) is 23.1 Å². The quantitative estimate of drug-likeness (QED) is 0.752. The van der Waals surface area contributed by atoms with Crippen molar-refractivity contribution in [3.05, 3.63) is 50.9 Å². The number of halogens is 3. The number of carboxylic acids is 1. The molecule has 8 heteroatoms. The van der Waals surface area contributed by atoms with Crippen molar-refractivity contribution >= 4 is 17.6 Å². The number of pyridine rings is 1. The lowest BCUT2D eigenvalue weighted by atomic mass is 9.74. The van der Waals surface area contributed by atoms with Crippen LogP contribution in [0.25, 0.3) is 11.1 Å². The number of hydrogen-bond acceptors (Lipinski definition) is 3. The van der Waals surface area contributed by atoms with E-state index in [1.165, 1.54) is 25.4 Å². The average molecular weight is 400 g/mol. The highest BCUT2D eigenvalue weighted by Crippen LogP contribution is 2.44. The molecule has 27 heavy (non-hydrogen) atoms. The number of H-pyrrole nitrogens is 1. The fourth-order valence-electron chi connectivity index (χ4n) is 3.10. The molecule has 5 nitrogen and oxygen atoms in total. The minimum atomic E-state index is -2.85. The standard InChI is InChI=1S/C19H20ClF2NO4/c1-19(2,3)15(18(25)26)14-13(12(27-4)8-23-17(14)24)11-7-9(20)5-6-10(11)16(21)22/h5-8,15-16H,1-4H3,(H,23,24)(H,25,26). The van der Waals surface area contributed by atoms with Gasteiger partial charge in [-0.25, -0.2) is 8.78 Å². The normalized spacial score (nSPS) is 12.9. The van der Waals surface area contributed by atoms with Crippen molar-refractivity contribution in [1.29, 1.82) is 0 Å². The van der Waals surface area contributed by atoms with E-state index in [2.05, 4.69) is 4.98 Å². The molecule has 2 N–H and O–H groups in total. The Kier molecular flexibility index (Phi) is 5.94. The maximum Gasteiger partial charge on any atom is 0.311 e. The highest BCUT2D eigenvalue weighted by Gasteiger charge is 2.38. The minimum Gasteiger partial charge on any atom is -0.495 e. The van der Waals surface area contributed by atoms with Crippen LogP contribution in [0.3, 0.4) is 0 Å². The number of aromatic amines is 1. The van der Waals surface area contributed by atoms with Crippen molar-refractivity contribution in [1.82, 2.24) is 4.98 Å². The summed E-state index contributed by atoms with van der Waals surface area (Å²) in [7, 11) is 1.31. The van der Waals surface area contributed by atoms with Gasteiger partial charge in [0.05, 0.1) is 13.0 Å².